The van der Waals surface area contributed by atoms with Crippen LogP contribution in [0.1, 0.15) is 41.9 Å². The van der Waals surface area contributed by atoms with Crippen molar-refractivity contribution >= 4 is 16.7 Å². The molecule has 1 aliphatic rings. The number of aryl methyl sites for hydroxylation is 2. The van der Waals surface area contributed by atoms with E-state index in [0.717, 1.165) is 35.6 Å². The minimum Gasteiger partial charge on any atom is -0.493 e. The Morgan fingerprint density at radius 1 is 1.27 bits per heavy atom. The first-order valence-corrected chi connectivity index (χ1v) is 9.78. The molecule has 158 valence electrons. The lowest BCUT2D eigenvalue weighted by Gasteiger charge is -2.22. The fraction of sp³-hybridized carbons (Fsp3) is 0.364. The Kier molecular flexibility index (Phi) is 5.27. The lowest BCUT2D eigenvalue weighted by molar-refractivity contribution is -0.0583. The molecule has 2 heterocycles. The third kappa shape index (κ3) is 3.67. The molecule has 5 nitrogen and oxygen atoms in total. The molecule has 30 heavy (non-hydrogen) atoms. The summed E-state index contributed by atoms with van der Waals surface area (Å²) in [6, 6.07) is 6.97. The molecule has 0 fully saturated rings. The number of ether oxygens (including phenoxy) is 1. The van der Waals surface area contributed by atoms with Gasteiger partial charge in [0, 0.05) is 17.0 Å². The first-order chi connectivity index (χ1) is 14.3. The van der Waals surface area contributed by atoms with Crippen LogP contribution in [-0.4, -0.2) is 28.3 Å². The smallest absolute Gasteiger partial charge is 0.298 e. The maximum atomic E-state index is 14.8. The van der Waals surface area contributed by atoms with Gasteiger partial charge in [0.15, 0.2) is 0 Å². The quantitative estimate of drug-likeness (QED) is 0.632. The molecular weight excluding hydrogens is 395 g/mol. The summed E-state index contributed by atoms with van der Waals surface area (Å²) in [5, 5.41) is 12.8. The fourth-order valence-corrected chi connectivity index (χ4v) is 3.74. The molecule has 0 amide bonds. The van der Waals surface area contributed by atoms with Crippen LogP contribution in [0.5, 0.6) is 5.75 Å². The zero-order valence-electron chi connectivity index (χ0n) is 16.7. The minimum absolute atomic E-state index is 0.0614. The number of aromatic nitrogens is 2. The average Bonchev–Trinajstić information content (AvgIpc) is 2.72. The van der Waals surface area contributed by atoms with Crippen molar-refractivity contribution in [1.29, 1.82) is 0 Å². The minimum atomic E-state index is -3.66. The number of fused-ring (bicyclic) bond motifs is 2. The number of hydrogen-bond acceptors (Lipinski definition) is 5. The van der Waals surface area contributed by atoms with Gasteiger partial charge in [-0.2, -0.15) is 8.78 Å². The van der Waals surface area contributed by atoms with Gasteiger partial charge in [-0.3, -0.25) is 0 Å². The normalized spacial score (nSPS) is 14.9. The highest BCUT2D eigenvalue weighted by Crippen LogP contribution is 2.35. The number of anilines is 1. The average molecular weight is 417 g/mol. The highest BCUT2D eigenvalue weighted by atomic mass is 19.3. The van der Waals surface area contributed by atoms with Gasteiger partial charge in [0.05, 0.1) is 23.7 Å². The Labute approximate surface area is 171 Å². The van der Waals surface area contributed by atoms with E-state index in [9.17, 15) is 13.2 Å². The van der Waals surface area contributed by atoms with Crippen LogP contribution in [0, 0.1) is 12.7 Å². The highest BCUT2D eigenvalue weighted by Gasteiger charge is 2.35. The van der Waals surface area contributed by atoms with Crippen molar-refractivity contribution < 1.29 is 23.0 Å². The number of benzene rings is 2. The lowest BCUT2D eigenvalue weighted by Crippen LogP contribution is -2.22. The molecule has 0 saturated carbocycles. The van der Waals surface area contributed by atoms with E-state index in [-0.39, 0.29) is 5.56 Å². The van der Waals surface area contributed by atoms with Crippen LogP contribution in [0.2, 0.25) is 0 Å². The summed E-state index contributed by atoms with van der Waals surface area (Å²) in [6.45, 7) is 2.62. The number of rotatable bonds is 5. The van der Waals surface area contributed by atoms with Crippen molar-refractivity contribution in [2.75, 3.05) is 18.5 Å². The van der Waals surface area contributed by atoms with Gasteiger partial charge in [-0.05, 0) is 44.4 Å². The standard InChI is InChI=1S/C22H22F3N3O2/c1-12(15-6-3-7-17(20(15)23)22(24,25)11-29)26-21-16-9-14-5-4-8-30-19(14)10-18(16)27-13(2)28-21/h3,6-7,9-10,12,29H,4-5,8,11H2,1-2H3,(H,26,27,28). The number of aliphatic hydroxyl groups excluding tert-OH is 1. The number of halogens is 3. The summed E-state index contributed by atoms with van der Waals surface area (Å²) < 4.78 is 48.3. The van der Waals surface area contributed by atoms with E-state index in [2.05, 4.69) is 15.3 Å². The van der Waals surface area contributed by atoms with Gasteiger partial charge in [0.1, 0.15) is 29.8 Å². The SMILES string of the molecule is Cc1nc(NC(C)c2cccc(C(F)(F)CO)c2F)c2cc3c(cc2n1)OCCC3. The topological polar surface area (TPSA) is 67.3 Å². The molecule has 2 aromatic carbocycles. The summed E-state index contributed by atoms with van der Waals surface area (Å²) in [4.78, 5) is 8.93. The van der Waals surface area contributed by atoms with E-state index >= 15 is 0 Å². The van der Waals surface area contributed by atoms with Crippen molar-refractivity contribution in [1.82, 2.24) is 9.97 Å². The number of nitrogens with zero attached hydrogens (tertiary/aromatic N) is 2. The van der Waals surface area contributed by atoms with Crippen LogP contribution in [-0.2, 0) is 12.3 Å². The molecule has 0 radical (unpaired) electrons. The van der Waals surface area contributed by atoms with Crippen molar-refractivity contribution in [3.05, 3.63) is 58.7 Å². The molecule has 1 atom stereocenters. The molecule has 0 saturated heterocycles. The highest BCUT2D eigenvalue weighted by molar-refractivity contribution is 5.91. The Bertz CT molecular complexity index is 1100. The zero-order chi connectivity index (χ0) is 21.5. The summed E-state index contributed by atoms with van der Waals surface area (Å²) in [7, 11) is 0. The van der Waals surface area contributed by atoms with E-state index < -0.39 is 30.0 Å². The molecule has 2 N–H and O–H groups in total. The molecule has 8 heteroatoms. The van der Waals surface area contributed by atoms with E-state index in [1.165, 1.54) is 12.1 Å². The third-order valence-electron chi connectivity index (χ3n) is 5.28. The van der Waals surface area contributed by atoms with Crippen molar-refractivity contribution in [3.8, 4) is 5.75 Å². The maximum Gasteiger partial charge on any atom is 0.298 e. The molecule has 1 aliphatic heterocycles. The third-order valence-corrected chi connectivity index (χ3v) is 5.28. The zero-order valence-corrected chi connectivity index (χ0v) is 16.7. The predicted molar refractivity (Wildman–Crippen MR) is 108 cm³/mol. The monoisotopic (exact) mass is 417 g/mol. The molecule has 0 spiro atoms. The molecule has 4 rings (SSSR count). The predicted octanol–water partition coefficient (Wildman–Crippen LogP) is 4.66. The second-order valence-electron chi connectivity index (χ2n) is 7.49. The van der Waals surface area contributed by atoms with Gasteiger partial charge >= 0.3 is 0 Å². The van der Waals surface area contributed by atoms with Gasteiger partial charge in [0.2, 0.25) is 0 Å². The molecule has 1 aromatic heterocycles. The van der Waals surface area contributed by atoms with Crippen LogP contribution in [0.3, 0.4) is 0 Å². The number of nitrogens with one attached hydrogen (secondary N) is 1. The summed E-state index contributed by atoms with van der Waals surface area (Å²) in [6.07, 6.45) is 1.79. The molecule has 0 aliphatic carbocycles. The van der Waals surface area contributed by atoms with Gasteiger partial charge < -0.3 is 15.2 Å². The molecular formula is C22H22F3N3O2. The van der Waals surface area contributed by atoms with E-state index in [4.69, 9.17) is 9.84 Å². The van der Waals surface area contributed by atoms with Crippen LogP contribution in [0.4, 0.5) is 19.0 Å². The van der Waals surface area contributed by atoms with Gasteiger partial charge in [-0.15, -0.1) is 0 Å². The van der Waals surface area contributed by atoms with Crippen LogP contribution in [0.25, 0.3) is 10.9 Å². The van der Waals surface area contributed by atoms with Crippen LogP contribution < -0.4 is 10.1 Å². The van der Waals surface area contributed by atoms with Gasteiger partial charge in [-0.25, -0.2) is 14.4 Å². The second-order valence-corrected chi connectivity index (χ2v) is 7.49. The first-order valence-electron chi connectivity index (χ1n) is 9.78. The summed E-state index contributed by atoms with van der Waals surface area (Å²) in [5.41, 5.74) is 0.976. The second kappa shape index (κ2) is 7.75. The van der Waals surface area contributed by atoms with Crippen molar-refractivity contribution in [2.45, 2.75) is 38.7 Å². The fourth-order valence-electron chi connectivity index (χ4n) is 3.74. The Hall–Kier alpha value is -2.87. The lowest BCUT2D eigenvalue weighted by atomic mass is 10.00. The van der Waals surface area contributed by atoms with E-state index in [1.54, 1.807) is 13.8 Å². The van der Waals surface area contributed by atoms with E-state index in [1.807, 2.05) is 12.1 Å². The molecule has 1 unspecified atom stereocenters. The van der Waals surface area contributed by atoms with Gasteiger partial charge in [-0.1, -0.05) is 12.1 Å². The van der Waals surface area contributed by atoms with E-state index in [0.29, 0.717) is 23.8 Å². The largest absolute Gasteiger partial charge is 0.493 e. The van der Waals surface area contributed by atoms with Crippen LogP contribution >= 0.6 is 0 Å². The summed E-state index contributed by atoms with van der Waals surface area (Å²) in [5.74, 6) is -2.88. The van der Waals surface area contributed by atoms with Crippen molar-refractivity contribution in [3.63, 3.8) is 0 Å². The van der Waals surface area contributed by atoms with Gasteiger partial charge in [0.25, 0.3) is 5.92 Å². The van der Waals surface area contributed by atoms with Crippen molar-refractivity contribution in [2.24, 2.45) is 0 Å². The maximum absolute atomic E-state index is 14.8. The number of aliphatic hydroxyl groups is 1. The van der Waals surface area contributed by atoms with Crippen LogP contribution in [0.15, 0.2) is 30.3 Å². The Balaban J connectivity index is 1.73. The Morgan fingerprint density at radius 3 is 2.83 bits per heavy atom. The summed E-state index contributed by atoms with van der Waals surface area (Å²) >= 11 is 0. The Morgan fingerprint density at radius 2 is 2.07 bits per heavy atom. The molecule has 0 bridgehead atoms. The number of alkyl halides is 2. The number of hydrogen-bond donors (Lipinski definition) is 2. The molecule has 3 aromatic rings. The first kappa shape index (κ1) is 20.4.